The molecule has 0 atom stereocenters. The van der Waals surface area contributed by atoms with Gasteiger partial charge >= 0.3 is 6.18 Å². The first kappa shape index (κ1) is 24.8. The van der Waals surface area contributed by atoms with Crippen LogP contribution >= 0.6 is 0 Å². The van der Waals surface area contributed by atoms with Crippen molar-refractivity contribution in [1.82, 2.24) is 24.9 Å². The van der Waals surface area contributed by atoms with Crippen molar-refractivity contribution in [3.05, 3.63) is 76.0 Å². The van der Waals surface area contributed by atoms with Crippen LogP contribution in [-0.2, 0) is 12.7 Å². The maximum absolute atomic E-state index is 12.9. The van der Waals surface area contributed by atoms with Crippen molar-refractivity contribution < 1.29 is 18.1 Å². The minimum atomic E-state index is -4.41. The van der Waals surface area contributed by atoms with Crippen molar-refractivity contribution >= 4 is 5.69 Å². The van der Waals surface area contributed by atoms with E-state index in [-0.39, 0.29) is 5.69 Å². The molecule has 0 aliphatic carbocycles. The van der Waals surface area contributed by atoms with Crippen molar-refractivity contribution in [2.75, 3.05) is 46.3 Å². The van der Waals surface area contributed by atoms with Gasteiger partial charge in [-0.15, -0.1) is 0 Å². The van der Waals surface area contributed by atoms with E-state index in [1.54, 1.807) is 16.8 Å². The van der Waals surface area contributed by atoms with E-state index in [9.17, 15) is 23.3 Å². The quantitative estimate of drug-likeness (QED) is 0.295. The zero-order chi connectivity index (χ0) is 25.0. The van der Waals surface area contributed by atoms with Gasteiger partial charge in [0.15, 0.2) is 0 Å². The molecule has 1 aliphatic rings. The Balaban J connectivity index is 1.52. The molecule has 8 nitrogen and oxygen atoms in total. The molecule has 1 fully saturated rings. The van der Waals surface area contributed by atoms with E-state index in [4.69, 9.17) is 0 Å². The predicted octanol–water partition coefficient (Wildman–Crippen LogP) is 3.80. The second-order valence-electron chi connectivity index (χ2n) is 8.60. The summed E-state index contributed by atoms with van der Waals surface area (Å²) in [5.74, 6) is 0. The number of piperazine rings is 1. The lowest BCUT2D eigenvalue weighted by Crippen LogP contribution is -2.46. The summed E-state index contributed by atoms with van der Waals surface area (Å²) >= 11 is 0. The van der Waals surface area contributed by atoms with Crippen LogP contribution in [0.2, 0.25) is 0 Å². The summed E-state index contributed by atoms with van der Waals surface area (Å²) in [6.45, 7) is 6.30. The van der Waals surface area contributed by atoms with Crippen LogP contribution in [-0.4, -0.2) is 70.8 Å². The van der Waals surface area contributed by atoms with Gasteiger partial charge in [0.05, 0.1) is 27.6 Å². The number of non-ortho nitro benzene ring substituents is 1. The van der Waals surface area contributed by atoms with Gasteiger partial charge < -0.3 is 10.2 Å². The summed E-state index contributed by atoms with van der Waals surface area (Å²) in [5.41, 5.74) is 1.75. The number of hydrogen-bond acceptors (Lipinski definition) is 6. The highest BCUT2D eigenvalue weighted by molar-refractivity contribution is 5.61. The number of nitrogens with one attached hydrogen (secondary N) is 1. The number of nitro benzene ring substituents is 1. The Hall–Kier alpha value is -3.28. The van der Waals surface area contributed by atoms with Crippen LogP contribution in [0.1, 0.15) is 11.3 Å². The second kappa shape index (κ2) is 10.5. The average molecular weight is 489 g/mol. The molecule has 35 heavy (non-hydrogen) atoms. The Kier molecular flexibility index (Phi) is 7.48. The number of hydrogen-bond donors (Lipinski definition) is 1. The van der Waals surface area contributed by atoms with E-state index in [0.29, 0.717) is 23.5 Å². The standard InChI is InChI=1S/C24H27F3N6O2/c1-30-12-14-31(15-13-30)11-10-28-17-22-16-23(18-2-4-19(5-3-18)24(25,26)27)29-32(22)20-6-8-21(9-7-20)33(34)35/h2-9,16,28H,10-15,17H2,1H3. The lowest BCUT2D eigenvalue weighted by Gasteiger charge is -2.32. The lowest BCUT2D eigenvalue weighted by atomic mass is 10.1. The average Bonchev–Trinajstić information content (AvgIpc) is 3.27. The fourth-order valence-corrected chi connectivity index (χ4v) is 3.98. The van der Waals surface area contributed by atoms with Gasteiger partial charge in [-0.25, -0.2) is 4.68 Å². The Morgan fingerprint density at radius 3 is 2.29 bits per heavy atom. The van der Waals surface area contributed by atoms with Crippen LogP contribution in [0, 0.1) is 10.1 Å². The first-order valence-electron chi connectivity index (χ1n) is 11.3. The molecule has 0 unspecified atom stereocenters. The van der Waals surface area contributed by atoms with Gasteiger partial charge in [-0.2, -0.15) is 18.3 Å². The van der Waals surface area contributed by atoms with Gasteiger partial charge in [-0.3, -0.25) is 15.0 Å². The van der Waals surface area contributed by atoms with Crippen molar-refractivity contribution in [2.45, 2.75) is 12.7 Å². The highest BCUT2D eigenvalue weighted by Crippen LogP contribution is 2.31. The Labute approximate surface area is 201 Å². The third-order valence-electron chi connectivity index (χ3n) is 6.10. The number of rotatable bonds is 8. The largest absolute Gasteiger partial charge is 0.416 e. The van der Waals surface area contributed by atoms with Crippen LogP contribution in [0.25, 0.3) is 16.9 Å². The number of nitro groups is 1. The van der Waals surface area contributed by atoms with E-state index in [1.807, 2.05) is 6.07 Å². The molecule has 2 heterocycles. The first-order chi connectivity index (χ1) is 16.7. The molecule has 1 saturated heterocycles. The summed E-state index contributed by atoms with van der Waals surface area (Å²) in [4.78, 5) is 15.2. The first-order valence-corrected chi connectivity index (χ1v) is 11.3. The molecule has 1 aromatic heterocycles. The van der Waals surface area contributed by atoms with E-state index in [1.165, 1.54) is 24.3 Å². The number of aromatic nitrogens is 2. The minimum Gasteiger partial charge on any atom is -0.310 e. The number of benzene rings is 2. The summed E-state index contributed by atoms with van der Waals surface area (Å²) in [7, 11) is 2.11. The van der Waals surface area contributed by atoms with Crippen molar-refractivity contribution in [3.63, 3.8) is 0 Å². The summed E-state index contributed by atoms with van der Waals surface area (Å²) in [5, 5.41) is 19.0. The van der Waals surface area contributed by atoms with Gasteiger partial charge in [0.25, 0.3) is 5.69 Å². The lowest BCUT2D eigenvalue weighted by molar-refractivity contribution is -0.384. The van der Waals surface area contributed by atoms with E-state index in [2.05, 4.69) is 27.3 Å². The van der Waals surface area contributed by atoms with Gasteiger partial charge in [0.2, 0.25) is 0 Å². The molecule has 0 radical (unpaired) electrons. The topological polar surface area (TPSA) is 79.5 Å². The molecule has 0 bridgehead atoms. The summed E-state index contributed by atoms with van der Waals surface area (Å²) in [6, 6.07) is 12.7. The fraction of sp³-hybridized carbons (Fsp3) is 0.375. The summed E-state index contributed by atoms with van der Waals surface area (Å²) < 4.78 is 40.5. The molecule has 4 rings (SSSR count). The smallest absolute Gasteiger partial charge is 0.310 e. The Morgan fingerprint density at radius 2 is 1.69 bits per heavy atom. The van der Waals surface area contributed by atoms with E-state index >= 15 is 0 Å². The van der Waals surface area contributed by atoms with Crippen molar-refractivity contribution in [2.24, 2.45) is 0 Å². The Morgan fingerprint density at radius 1 is 1.03 bits per heavy atom. The zero-order valence-electron chi connectivity index (χ0n) is 19.3. The van der Waals surface area contributed by atoms with Gasteiger partial charge in [0, 0.05) is 63.5 Å². The molecule has 0 spiro atoms. The molecule has 3 aromatic rings. The van der Waals surface area contributed by atoms with Gasteiger partial charge in [0.1, 0.15) is 0 Å². The number of alkyl halides is 3. The van der Waals surface area contributed by atoms with Crippen molar-refractivity contribution in [3.8, 4) is 16.9 Å². The summed E-state index contributed by atoms with van der Waals surface area (Å²) in [6.07, 6.45) is -4.41. The van der Waals surface area contributed by atoms with E-state index in [0.717, 1.165) is 57.1 Å². The van der Waals surface area contributed by atoms with Crippen LogP contribution in [0.15, 0.2) is 54.6 Å². The molecule has 1 N–H and O–H groups in total. The molecular formula is C24H27F3N6O2. The number of halogens is 3. The second-order valence-corrected chi connectivity index (χ2v) is 8.60. The maximum Gasteiger partial charge on any atom is 0.416 e. The monoisotopic (exact) mass is 488 g/mol. The number of likely N-dealkylation sites (N-methyl/N-ethyl adjacent to an activating group) is 1. The number of nitrogens with zero attached hydrogens (tertiary/aromatic N) is 5. The minimum absolute atomic E-state index is 0.0317. The van der Waals surface area contributed by atoms with Crippen LogP contribution in [0.5, 0.6) is 0 Å². The van der Waals surface area contributed by atoms with Crippen LogP contribution < -0.4 is 5.32 Å². The molecule has 2 aromatic carbocycles. The molecule has 186 valence electrons. The molecular weight excluding hydrogens is 461 g/mol. The van der Waals surface area contributed by atoms with Crippen LogP contribution in [0.4, 0.5) is 18.9 Å². The van der Waals surface area contributed by atoms with Gasteiger partial charge in [-0.05, 0) is 37.4 Å². The Bertz CT molecular complexity index is 1140. The molecule has 11 heteroatoms. The highest BCUT2D eigenvalue weighted by Gasteiger charge is 2.30. The van der Waals surface area contributed by atoms with Crippen LogP contribution in [0.3, 0.4) is 0 Å². The molecule has 0 saturated carbocycles. The molecule has 1 aliphatic heterocycles. The van der Waals surface area contributed by atoms with Gasteiger partial charge in [-0.1, -0.05) is 12.1 Å². The molecule has 0 amide bonds. The fourth-order valence-electron chi connectivity index (χ4n) is 3.98. The third kappa shape index (κ3) is 6.24. The maximum atomic E-state index is 12.9. The van der Waals surface area contributed by atoms with Crippen molar-refractivity contribution in [1.29, 1.82) is 0 Å². The predicted molar refractivity (Wildman–Crippen MR) is 126 cm³/mol. The zero-order valence-corrected chi connectivity index (χ0v) is 19.3. The normalized spacial score (nSPS) is 15.4. The third-order valence-corrected chi connectivity index (χ3v) is 6.10. The highest BCUT2D eigenvalue weighted by atomic mass is 19.4. The SMILES string of the molecule is CN1CCN(CCNCc2cc(-c3ccc(C(F)(F)F)cc3)nn2-c2ccc([N+](=O)[O-])cc2)CC1. The van der Waals surface area contributed by atoms with E-state index < -0.39 is 16.7 Å².